The van der Waals surface area contributed by atoms with E-state index in [9.17, 15) is 18.0 Å². The second-order valence-corrected chi connectivity index (χ2v) is 4.61. The minimum Gasteiger partial charge on any atom is -0.493 e. The average Bonchev–Trinajstić information content (AvgIpc) is 3.00. The number of methoxy groups -OCH3 is 2. The number of tetrazole rings is 1. The Bertz CT molecular complexity index is 717. The van der Waals surface area contributed by atoms with E-state index in [0.29, 0.717) is 17.1 Å². The third kappa shape index (κ3) is 4.57. The lowest BCUT2D eigenvalue weighted by Gasteiger charge is -2.08. The zero-order chi connectivity index (χ0) is 17.7. The molecule has 1 N–H and O–H groups in total. The fraction of sp³-hybridized carbons (Fsp3) is 0.385. The first-order valence-electron chi connectivity index (χ1n) is 6.66. The summed E-state index contributed by atoms with van der Waals surface area (Å²) in [6.07, 6.45) is -4.48. The first kappa shape index (κ1) is 17.5. The van der Waals surface area contributed by atoms with Crippen molar-refractivity contribution in [1.82, 2.24) is 25.5 Å². The molecule has 0 saturated heterocycles. The van der Waals surface area contributed by atoms with Gasteiger partial charge in [0, 0.05) is 5.56 Å². The molecule has 24 heavy (non-hydrogen) atoms. The second-order valence-electron chi connectivity index (χ2n) is 4.61. The molecule has 0 atom stereocenters. The van der Waals surface area contributed by atoms with Crippen LogP contribution in [0.4, 0.5) is 13.2 Å². The van der Waals surface area contributed by atoms with Gasteiger partial charge in [-0.3, -0.25) is 4.79 Å². The van der Waals surface area contributed by atoms with Crippen molar-refractivity contribution >= 4 is 5.91 Å². The number of aromatic nitrogens is 4. The molecule has 0 spiro atoms. The Balaban J connectivity index is 2.06. The number of carbonyl (C=O) groups is 1. The van der Waals surface area contributed by atoms with Gasteiger partial charge in [-0.15, -0.1) is 10.2 Å². The van der Waals surface area contributed by atoms with Crippen LogP contribution in [0.15, 0.2) is 18.2 Å². The van der Waals surface area contributed by atoms with Crippen molar-refractivity contribution < 1.29 is 27.4 Å². The summed E-state index contributed by atoms with van der Waals surface area (Å²) in [4.78, 5) is 12.3. The van der Waals surface area contributed by atoms with Gasteiger partial charge in [-0.2, -0.15) is 18.0 Å². The molecule has 1 amide bonds. The molecule has 0 radical (unpaired) electrons. The van der Waals surface area contributed by atoms with E-state index in [1.807, 2.05) is 0 Å². The molecule has 8 nitrogen and oxygen atoms in total. The normalized spacial score (nSPS) is 11.2. The molecule has 2 aromatic rings. The fourth-order valence-corrected chi connectivity index (χ4v) is 1.78. The zero-order valence-electron chi connectivity index (χ0n) is 12.8. The first-order valence-corrected chi connectivity index (χ1v) is 6.66. The van der Waals surface area contributed by atoms with E-state index in [1.54, 1.807) is 23.5 Å². The maximum Gasteiger partial charge on any atom is 0.405 e. The number of nitrogens with one attached hydrogen (secondary N) is 1. The SMILES string of the molecule is COc1ccc(-c2nnn(CC(=O)NCC(F)(F)F)n2)cc1OC. The van der Waals surface area contributed by atoms with Crippen molar-refractivity contribution in [3.05, 3.63) is 18.2 Å². The number of halogens is 3. The number of benzene rings is 1. The number of amides is 1. The van der Waals surface area contributed by atoms with E-state index < -0.39 is 25.2 Å². The number of hydrogen-bond donors (Lipinski definition) is 1. The van der Waals surface area contributed by atoms with Crippen LogP contribution < -0.4 is 14.8 Å². The molecular formula is C13H14F3N5O3. The fourth-order valence-electron chi connectivity index (χ4n) is 1.78. The lowest BCUT2D eigenvalue weighted by molar-refractivity contribution is -0.139. The van der Waals surface area contributed by atoms with Crippen LogP contribution in [0.5, 0.6) is 11.5 Å². The van der Waals surface area contributed by atoms with Crippen molar-refractivity contribution in [3.8, 4) is 22.9 Å². The highest BCUT2D eigenvalue weighted by Gasteiger charge is 2.27. The van der Waals surface area contributed by atoms with Crippen LogP contribution >= 0.6 is 0 Å². The zero-order valence-corrected chi connectivity index (χ0v) is 12.8. The molecule has 1 aromatic carbocycles. The Hall–Kier alpha value is -2.85. The first-order chi connectivity index (χ1) is 11.3. The molecule has 0 unspecified atom stereocenters. The summed E-state index contributed by atoms with van der Waals surface area (Å²) in [5.41, 5.74) is 0.551. The molecule has 0 saturated carbocycles. The van der Waals surface area contributed by atoms with Gasteiger partial charge in [0.1, 0.15) is 13.1 Å². The maximum atomic E-state index is 12.0. The van der Waals surface area contributed by atoms with Crippen LogP contribution in [-0.4, -0.2) is 53.1 Å². The molecule has 0 fully saturated rings. The van der Waals surface area contributed by atoms with Gasteiger partial charge in [0.15, 0.2) is 11.5 Å². The van der Waals surface area contributed by atoms with Gasteiger partial charge < -0.3 is 14.8 Å². The Morgan fingerprint density at radius 3 is 2.58 bits per heavy atom. The van der Waals surface area contributed by atoms with Gasteiger partial charge in [-0.05, 0) is 23.4 Å². The number of hydrogen-bond acceptors (Lipinski definition) is 6. The number of nitrogens with zero attached hydrogens (tertiary/aromatic N) is 4. The summed E-state index contributed by atoms with van der Waals surface area (Å²) in [5.74, 6) is 0.289. The predicted octanol–water partition coefficient (Wildman–Crippen LogP) is 1.04. The van der Waals surface area contributed by atoms with Gasteiger partial charge in [0.05, 0.1) is 14.2 Å². The molecule has 0 aliphatic heterocycles. The molecule has 0 bridgehead atoms. The quantitative estimate of drug-likeness (QED) is 0.841. The van der Waals surface area contributed by atoms with Crippen molar-refractivity contribution in [2.24, 2.45) is 0 Å². The van der Waals surface area contributed by atoms with Crippen LogP contribution in [-0.2, 0) is 11.3 Å². The van der Waals surface area contributed by atoms with E-state index in [4.69, 9.17) is 9.47 Å². The van der Waals surface area contributed by atoms with Crippen molar-refractivity contribution in [2.45, 2.75) is 12.7 Å². The highest BCUT2D eigenvalue weighted by atomic mass is 19.4. The lowest BCUT2D eigenvalue weighted by atomic mass is 10.2. The van der Waals surface area contributed by atoms with Crippen molar-refractivity contribution in [3.63, 3.8) is 0 Å². The topological polar surface area (TPSA) is 91.2 Å². The number of ether oxygens (including phenoxy) is 2. The Labute approximate surface area is 134 Å². The van der Waals surface area contributed by atoms with E-state index in [2.05, 4.69) is 15.4 Å². The van der Waals surface area contributed by atoms with E-state index in [0.717, 1.165) is 4.80 Å². The molecule has 130 valence electrons. The summed E-state index contributed by atoms with van der Waals surface area (Å²) in [5, 5.41) is 13.1. The predicted molar refractivity (Wildman–Crippen MR) is 75.4 cm³/mol. The summed E-state index contributed by atoms with van der Waals surface area (Å²) in [7, 11) is 2.96. The minimum atomic E-state index is -4.48. The summed E-state index contributed by atoms with van der Waals surface area (Å²) in [6, 6.07) is 4.92. The van der Waals surface area contributed by atoms with Crippen molar-refractivity contribution in [2.75, 3.05) is 20.8 Å². The Morgan fingerprint density at radius 1 is 1.25 bits per heavy atom. The van der Waals surface area contributed by atoms with Gasteiger partial charge in [0.2, 0.25) is 11.7 Å². The lowest BCUT2D eigenvalue weighted by Crippen LogP contribution is -2.36. The molecule has 1 heterocycles. The van der Waals surface area contributed by atoms with Crippen LogP contribution in [0.25, 0.3) is 11.4 Å². The molecule has 11 heteroatoms. The van der Waals surface area contributed by atoms with Gasteiger partial charge in [-0.1, -0.05) is 0 Å². The van der Waals surface area contributed by atoms with Crippen molar-refractivity contribution in [1.29, 1.82) is 0 Å². The monoisotopic (exact) mass is 345 g/mol. The third-order valence-electron chi connectivity index (χ3n) is 2.87. The van der Waals surface area contributed by atoms with Crippen LogP contribution in [0.2, 0.25) is 0 Å². The van der Waals surface area contributed by atoms with E-state index in [1.165, 1.54) is 14.2 Å². The standard InChI is InChI=1S/C13H14F3N5O3/c1-23-9-4-3-8(5-10(9)24-2)12-18-20-21(19-12)6-11(22)17-7-13(14,15)16/h3-5H,6-7H2,1-2H3,(H,17,22). The second kappa shape index (κ2) is 7.15. The maximum absolute atomic E-state index is 12.0. The smallest absolute Gasteiger partial charge is 0.405 e. The van der Waals surface area contributed by atoms with Crippen LogP contribution in [0.1, 0.15) is 0 Å². The molecule has 1 aromatic heterocycles. The molecule has 0 aliphatic rings. The molecule has 0 aliphatic carbocycles. The number of carbonyl (C=O) groups excluding carboxylic acids is 1. The summed E-state index contributed by atoms with van der Waals surface area (Å²) < 4.78 is 46.3. The minimum absolute atomic E-state index is 0.194. The van der Waals surface area contributed by atoms with Gasteiger partial charge in [-0.25, -0.2) is 0 Å². The summed E-state index contributed by atoms with van der Waals surface area (Å²) >= 11 is 0. The Kier molecular flexibility index (Phi) is 5.21. The highest BCUT2D eigenvalue weighted by molar-refractivity contribution is 5.75. The summed E-state index contributed by atoms with van der Waals surface area (Å²) in [6.45, 7) is -1.89. The van der Waals surface area contributed by atoms with E-state index in [-0.39, 0.29) is 5.82 Å². The number of rotatable bonds is 6. The van der Waals surface area contributed by atoms with Crippen LogP contribution in [0, 0.1) is 0 Å². The van der Waals surface area contributed by atoms with Gasteiger partial charge in [0.25, 0.3) is 0 Å². The molecular weight excluding hydrogens is 331 g/mol. The average molecular weight is 345 g/mol. The third-order valence-corrected chi connectivity index (χ3v) is 2.87. The number of alkyl halides is 3. The Morgan fingerprint density at radius 2 is 1.96 bits per heavy atom. The van der Waals surface area contributed by atoms with Crippen LogP contribution in [0.3, 0.4) is 0 Å². The highest BCUT2D eigenvalue weighted by Crippen LogP contribution is 2.30. The van der Waals surface area contributed by atoms with Gasteiger partial charge >= 0.3 is 6.18 Å². The largest absolute Gasteiger partial charge is 0.493 e. The van der Waals surface area contributed by atoms with E-state index >= 15 is 0 Å². The molecule has 2 rings (SSSR count).